The summed E-state index contributed by atoms with van der Waals surface area (Å²) in [4.78, 5) is 13.2. The quantitative estimate of drug-likeness (QED) is 0.583. The number of hydrogen-bond donors (Lipinski definition) is 1. The summed E-state index contributed by atoms with van der Waals surface area (Å²) < 4.78 is 6.52. The Morgan fingerprint density at radius 1 is 1.00 bits per heavy atom. The summed E-state index contributed by atoms with van der Waals surface area (Å²) in [5, 5.41) is 11.5. The Bertz CT molecular complexity index is 653. The molecule has 1 atom stereocenters. The van der Waals surface area contributed by atoms with Crippen molar-refractivity contribution >= 4 is 5.97 Å². The number of hydrogen-bond acceptors (Lipinski definition) is 3. The average Bonchev–Trinajstić information content (AvgIpc) is 2.61. The molecule has 1 N–H and O–H groups in total. The maximum Gasteiger partial charge on any atom is 0.348 e. The van der Waals surface area contributed by atoms with Gasteiger partial charge >= 0.3 is 5.97 Å². The van der Waals surface area contributed by atoms with Crippen LogP contribution in [0.15, 0.2) is 60.7 Å². The highest BCUT2D eigenvalue weighted by atomic mass is 16.6. The molecule has 2 aromatic carbocycles. The van der Waals surface area contributed by atoms with Crippen molar-refractivity contribution in [2.75, 3.05) is 27.7 Å². The summed E-state index contributed by atoms with van der Waals surface area (Å²) in [5.41, 5.74) is -0.798. The summed E-state index contributed by atoms with van der Waals surface area (Å²) in [7, 11) is 6.20. The standard InChI is InChI=1S/C22H30NO3/c1-5-12-20(17-23(2,3)4)26-21(24)22(25,18-13-8-6-9-14-18)19-15-10-7-11-16-19/h6-11,13-16,20,25H,5,12,17H2,1-4H3/q+1. The molecule has 0 bridgehead atoms. The van der Waals surface area contributed by atoms with E-state index in [1.165, 1.54) is 0 Å². The molecule has 4 nitrogen and oxygen atoms in total. The van der Waals surface area contributed by atoms with E-state index in [4.69, 9.17) is 4.74 Å². The zero-order chi connectivity index (χ0) is 19.2. The smallest absolute Gasteiger partial charge is 0.348 e. The second-order valence-corrected chi connectivity index (χ2v) is 7.73. The van der Waals surface area contributed by atoms with Crippen LogP contribution in [0.2, 0.25) is 0 Å². The molecule has 0 aromatic heterocycles. The SMILES string of the molecule is CCCC(C[N+](C)(C)C)OC(=O)C(O)(c1ccccc1)c1ccccc1. The summed E-state index contributed by atoms with van der Waals surface area (Å²) >= 11 is 0. The summed E-state index contributed by atoms with van der Waals surface area (Å²) in [6.45, 7) is 2.76. The molecule has 0 heterocycles. The van der Waals surface area contributed by atoms with Crippen LogP contribution < -0.4 is 0 Å². The Balaban J connectivity index is 2.38. The molecular weight excluding hydrogens is 326 g/mol. The molecule has 0 fully saturated rings. The van der Waals surface area contributed by atoms with E-state index in [2.05, 4.69) is 28.1 Å². The number of carbonyl (C=O) groups excluding carboxylic acids is 1. The van der Waals surface area contributed by atoms with Crippen molar-refractivity contribution in [2.45, 2.75) is 31.5 Å². The van der Waals surface area contributed by atoms with Crippen molar-refractivity contribution in [3.63, 3.8) is 0 Å². The van der Waals surface area contributed by atoms with E-state index >= 15 is 0 Å². The minimum Gasteiger partial charge on any atom is -0.454 e. The Morgan fingerprint density at radius 2 is 1.46 bits per heavy atom. The number of benzene rings is 2. The number of quaternary nitrogens is 1. The first-order valence-corrected chi connectivity index (χ1v) is 9.12. The van der Waals surface area contributed by atoms with Gasteiger partial charge in [0.2, 0.25) is 5.60 Å². The zero-order valence-electron chi connectivity index (χ0n) is 16.2. The molecule has 0 amide bonds. The van der Waals surface area contributed by atoms with Gasteiger partial charge in [0.15, 0.2) is 6.10 Å². The lowest BCUT2D eigenvalue weighted by atomic mass is 9.86. The van der Waals surface area contributed by atoms with E-state index in [9.17, 15) is 9.90 Å². The predicted octanol–water partition coefficient (Wildman–Crippen LogP) is 3.34. The predicted molar refractivity (Wildman–Crippen MR) is 104 cm³/mol. The van der Waals surface area contributed by atoms with Gasteiger partial charge in [-0.3, -0.25) is 0 Å². The monoisotopic (exact) mass is 356 g/mol. The van der Waals surface area contributed by atoms with Gasteiger partial charge in [0.1, 0.15) is 6.54 Å². The Labute approximate surface area is 156 Å². The molecule has 2 rings (SSSR count). The Morgan fingerprint density at radius 3 is 1.85 bits per heavy atom. The van der Waals surface area contributed by atoms with Gasteiger partial charge in [-0.2, -0.15) is 0 Å². The first-order valence-electron chi connectivity index (χ1n) is 9.12. The van der Waals surface area contributed by atoms with Crippen LogP contribution in [-0.4, -0.2) is 49.4 Å². The summed E-state index contributed by atoms with van der Waals surface area (Å²) in [5.74, 6) is -0.623. The number of ether oxygens (including phenoxy) is 1. The molecule has 1 unspecified atom stereocenters. The summed E-state index contributed by atoms with van der Waals surface area (Å²) in [6, 6.07) is 18.0. The molecule has 2 aromatic rings. The molecule has 0 aliphatic rings. The van der Waals surface area contributed by atoms with E-state index in [1.54, 1.807) is 24.3 Å². The van der Waals surface area contributed by atoms with Gasteiger partial charge in [0.25, 0.3) is 0 Å². The van der Waals surface area contributed by atoms with Crippen molar-refractivity contribution in [3.8, 4) is 0 Å². The van der Waals surface area contributed by atoms with Crippen molar-refractivity contribution < 1.29 is 19.1 Å². The lowest BCUT2D eigenvalue weighted by molar-refractivity contribution is -0.873. The fourth-order valence-electron chi connectivity index (χ4n) is 3.12. The van der Waals surface area contributed by atoms with Crippen LogP contribution in [0.5, 0.6) is 0 Å². The van der Waals surface area contributed by atoms with Crippen LogP contribution in [0.1, 0.15) is 30.9 Å². The molecule has 0 aliphatic heterocycles. The largest absolute Gasteiger partial charge is 0.454 e. The lowest BCUT2D eigenvalue weighted by Gasteiger charge is -2.32. The van der Waals surface area contributed by atoms with E-state index in [1.807, 2.05) is 36.4 Å². The number of carbonyl (C=O) groups is 1. The second-order valence-electron chi connectivity index (χ2n) is 7.73. The topological polar surface area (TPSA) is 46.5 Å². The van der Waals surface area contributed by atoms with Gasteiger partial charge in [-0.1, -0.05) is 74.0 Å². The fourth-order valence-corrected chi connectivity index (χ4v) is 3.12. The fraction of sp³-hybridized carbons (Fsp3) is 0.409. The average molecular weight is 356 g/mol. The van der Waals surface area contributed by atoms with Crippen molar-refractivity contribution in [3.05, 3.63) is 71.8 Å². The van der Waals surface area contributed by atoms with E-state index < -0.39 is 11.6 Å². The first kappa shape index (κ1) is 20.1. The molecule has 0 aliphatic carbocycles. The van der Waals surface area contributed by atoms with Gasteiger partial charge < -0.3 is 14.3 Å². The molecule has 0 saturated heterocycles. The van der Waals surface area contributed by atoms with Gasteiger partial charge in [0, 0.05) is 0 Å². The van der Waals surface area contributed by atoms with Crippen LogP contribution in [0.3, 0.4) is 0 Å². The molecule has 140 valence electrons. The molecule has 4 heteroatoms. The highest BCUT2D eigenvalue weighted by molar-refractivity contribution is 5.85. The van der Waals surface area contributed by atoms with Crippen LogP contribution in [-0.2, 0) is 15.1 Å². The van der Waals surface area contributed by atoms with Gasteiger partial charge in [-0.25, -0.2) is 4.79 Å². The molecule has 0 saturated carbocycles. The number of rotatable bonds is 8. The minimum absolute atomic E-state index is 0.244. The molecule has 0 spiro atoms. The maximum atomic E-state index is 13.2. The van der Waals surface area contributed by atoms with E-state index in [0.29, 0.717) is 22.2 Å². The van der Waals surface area contributed by atoms with Crippen molar-refractivity contribution in [2.24, 2.45) is 0 Å². The third kappa shape index (κ3) is 4.93. The molecule has 26 heavy (non-hydrogen) atoms. The van der Waals surface area contributed by atoms with Gasteiger partial charge in [-0.05, 0) is 17.5 Å². The van der Waals surface area contributed by atoms with E-state index in [0.717, 1.165) is 12.8 Å². The number of esters is 1. The number of aliphatic hydroxyl groups is 1. The van der Waals surface area contributed by atoms with Crippen LogP contribution in [0.25, 0.3) is 0 Å². The Kier molecular flexibility index (Phi) is 6.57. The molecular formula is C22H30NO3+. The lowest BCUT2D eigenvalue weighted by Crippen LogP contribution is -2.46. The number of likely N-dealkylation sites (N-methyl/N-ethyl adjacent to an activating group) is 1. The van der Waals surface area contributed by atoms with Crippen molar-refractivity contribution in [1.82, 2.24) is 0 Å². The highest BCUT2D eigenvalue weighted by Crippen LogP contribution is 2.31. The highest BCUT2D eigenvalue weighted by Gasteiger charge is 2.43. The minimum atomic E-state index is -1.82. The van der Waals surface area contributed by atoms with Crippen LogP contribution >= 0.6 is 0 Å². The van der Waals surface area contributed by atoms with Gasteiger partial charge in [0.05, 0.1) is 21.1 Å². The number of nitrogens with zero attached hydrogens (tertiary/aromatic N) is 1. The molecule has 0 radical (unpaired) electrons. The third-order valence-corrected chi connectivity index (χ3v) is 4.31. The first-order chi connectivity index (χ1) is 12.3. The Hall–Kier alpha value is -2.17. The normalized spacial score (nSPS) is 13.3. The van der Waals surface area contributed by atoms with Crippen LogP contribution in [0, 0.1) is 0 Å². The van der Waals surface area contributed by atoms with E-state index in [-0.39, 0.29) is 6.10 Å². The van der Waals surface area contributed by atoms with Crippen LogP contribution in [0.4, 0.5) is 0 Å². The second kappa shape index (κ2) is 8.47. The third-order valence-electron chi connectivity index (χ3n) is 4.31. The zero-order valence-corrected chi connectivity index (χ0v) is 16.2. The maximum absolute atomic E-state index is 13.2. The van der Waals surface area contributed by atoms with Crippen molar-refractivity contribution in [1.29, 1.82) is 0 Å². The van der Waals surface area contributed by atoms with Gasteiger partial charge in [-0.15, -0.1) is 0 Å². The summed E-state index contributed by atoms with van der Waals surface area (Å²) in [6.07, 6.45) is 1.43.